The van der Waals surface area contributed by atoms with E-state index < -0.39 is 90.1 Å². The molecule has 5 aromatic rings. The van der Waals surface area contributed by atoms with E-state index in [1.807, 2.05) is 44.2 Å². The molecule has 7 rings (SSSR count). The van der Waals surface area contributed by atoms with E-state index in [9.17, 15) is 66.7 Å². The van der Waals surface area contributed by atoms with Crippen LogP contribution in [0.5, 0.6) is 5.75 Å². The average molecular weight is 1240 g/mol. The van der Waals surface area contributed by atoms with Gasteiger partial charge in [-0.2, -0.15) is 8.61 Å². The third-order valence-corrected chi connectivity index (χ3v) is 16.9. The van der Waals surface area contributed by atoms with Crippen molar-refractivity contribution in [3.05, 3.63) is 175 Å². The molecule has 0 spiro atoms. The van der Waals surface area contributed by atoms with E-state index in [1.165, 1.54) is 24.3 Å². The van der Waals surface area contributed by atoms with Crippen molar-refractivity contribution in [3.8, 4) is 5.75 Å². The number of amides is 2. The number of non-ortho nitro benzene ring substituents is 3. The Balaban J connectivity index is 0.000000286. The van der Waals surface area contributed by atoms with E-state index in [0.717, 1.165) is 62.7 Å². The van der Waals surface area contributed by atoms with Gasteiger partial charge in [-0.15, -0.1) is 0 Å². The molecule has 86 heavy (non-hydrogen) atoms. The number of benzene rings is 5. The molecule has 2 aliphatic rings. The fourth-order valence-corrected chi connectivity index (χ4v) is 12.2. The molecule has 2 heterocycles. The molecule has 2 saturated heterocycles. The molecule has 5 aromatic carbocycles. The summed E-state index contributed by atoms with van der Waals surface area (Å²) in [6.07, 6.45) is -5.02. The van der Waals surface area contributed by atoms with Gasteiger partial charge in [0.05, 0.1) is 75.7 Å². The highest BCUT2D eigenvalue weighted by molar-refractivity contribution is 7.89. The van der Waals surface area contributed by atoms with Crippen molar-refractivity contribution >= 4 is 55.5 Å². The third-order valence-electron chi connectivity index (χ3n) is 13.2. The second-order valence-electron chi connectivity index (χ2n) is 20.9. The molecule has 0 aliphatic carbocycles. The van der Waals surface area contributed by atoms with Crippen molar-refractivity contribution < 1.29 is 79.5 Å². The SMILES string of the molecule is CC(C)CN(C[C@@H](O)[C@H](Cc1ccccc1)NC(=O)O[C@H]1CCOC1)S(=O)(=O)c1ccc([N+](=O)[O-])cc1.CC(C)CN(C[C@@H](OC(=O)Oc1ccc([N+](=O)[O-])cc1)[C@H](Cc1ccccc1)NC(=O)O[C@H]1CCOC1)S(=O)(=O)c1ccc([N+](=O)[O-])cc1. The summed E-state index contributed by atoms with van der Waals surface area (Å²) in [7, 11) is -8.44. The van der Waals surface area contributed by atoms with Gasteiger partial charge in [0, 0.05) is 68.9 Å². The second kappa shape index (κ2) is 31.8. The van der Waals surface area contributed by atoms with E-state index >= 15 is 0 Å². The van der Waals surface area contributed by atoms with Crippen LogP contribution in [0.15, 0.2) is 143 Å². The van der Waals surface area contributed by atoms with E-state index in [4.69, 9.17) is 28.4 Å². The summed E-state index contributed by atoms with van der Waals surface area (Å²) in [4.78, 5) is 69.9. The van der Waals surface area contributed by atoms with Crippen LogP contribution in [-0.4, -0.2) is 153 Å². The fourth-order valence-electron chi connectivity index (χ4n) is 8.98. The van der Waals surface area contributed by atoms with E-state index in [0.29, 0.717) is 38.2 Å². The molecule has 2 aliphatic heterocycles. The Morgan fingerprint density at radius 3 is 1.34 bits per heavy atom. The molecule has 2 amide bonds. The molecule has 0 saturated carbocycles. The molecule has 0 unspecified atom stereocenters. The number of nitrogens with zero attached hydrogens (tertiary/aromatic N) is 5. The van der Waals surface area contributed by atoms with Crippen LogP contribution in [0.4, 0.5) is 31.4 Å². The van der Waals surface area contributed by atoms with Crippen molar-refractivity contribution in [2.24, 2.45) is 11.8 Å². The molecular formula is C57H69N7O20S2. The first kappa shape index (κ1) is 66.9. The summed E-state index contributed by atoms with van der Waals surface area (Å²) >= 11 is 0. The van der Waals surface area contributed by atoms with Crippen molar-refractivity contribution in [1.29, 1.82) is 0 Å². The van der Waals surface area contributed by atoms with Crippen LogP contribution < -0.4 is 15.4 Å². The molecule has 29 heteroatoms. The highest BCUT2D eigenvalue weighted by Gasteiger charge is 2.37. The lowest BCUT2D eigenvalue weighted by atomic mass is 10.0. The fraction of sp³-hybridized carbons (Fsp3) is 0.421. The van der Waals surface area contributed by atoms with Crippen LogP contribution in [-0.2, 0) is 56.6 Å². The number of nitrogens with one attached hydrogen (secondary N) is 2. The average Bonchev–Trinajstić information content (AvgIpc) is 1.72. The molecule has 3 N–H and O–H groups in total. The lowest BCUT2D eigenvalue weighted by Crippen LogP contribution is -2.53. The zero-order valence-electron chi connectivity index (χ0n) is 47.6. The first-order valence-corrected chi connectivity index (χ1v) is 30.2. The Kier molecular flexibility index (Phi) is 24.8. The Hall–Kier alpha value is -8.19. The minimum atomic E-state index is -4.34. The second-order valence-corrected chi connectivity index (χ2v) is 24.8. The van der Waals surface area contributed by atoms with Gasteiger partial charge in [-0.1, -0.05) is 88.4 Å². The molecule has 0 bridgehead atoms. The van der Waals surface area contributed by atoms with Gasteiger partial charge in [0.25, 0.3) is 17.1 Å². The van der Waals surface area contributed by atoms with Gasteiger partial charge in [0.15, 0.2) is 0 Å². The van der Waals surface area contributed by atoms with Crippen LogP contribution >= 0.6 is 0 Å². The highest BCUT2D eigenvalue weighted by atomic mass is 32.2. The zero-order valence-corrected chi connectivity index (χ0v) is 49.2. The summed E-state index contributed by atoms with van der Waals surface area (Å²) in [5.41, 5.74) is 0.779. The summed E-state index contributed by atoms with van der Waals surface area (Å²) in [5, 5.41) is 49.8. The first-order chi connectivity index (χ1) is 40.9. The minimum Gasteiger partial charge on any atom is -0.444 e. The number of aliphatic hydroxyl groups is 1. The largest absolute Gasteiger partial charge is 0.514 e. The number of ether oxygens (including phenoxy) is 6. The first-order valence-electron chi connectivity index (χ1n) is 27.4. The normalized spacial score (nSPS) is 16.5. The number of hydrogen-bond donors (Lipinski definition) is 3. The smallest absolute Gasteiger partial charge is 0.444 e. The van der Waals surface area contributed by atoms with Crippen LogP contribution in [0, 0.1) is 42.2 Å². The van der Waals surface area contributed by atoms with E-state index in [2.05, 4.69) is 10.6 Å². The molecule has 6 atom stereocenters. The van der Waals surface area contributed by atoms with Crippen LogP contribution in [0.2, 0.25) is 0 Å². The number of rotatable bonds is 27. The molecule has 0 radical (unpaired) electrons. The number of nitro benzene ring substituents is 3. The monoisotopic (exact) mass is 1240 g/mol. The van der Waals surface area contributed by atoms with Gasteiger partial charge < -0.3 is 44.2 Å². The molecule has 464 valence electrons. The number of carbonyl (C=O) groups is 3. The van der Waals surface area contributed by atoms with Gasteiger partial charge in [-0.3, -0.25) is 30.3 Å². The van der Waals surface area contributed by atoms with Gasteiger partial charge in [0.2, 0.25) is 20.0 Å². The standard InChI is InChI=1S/C32H36N4O12S.C25H33N3O8S/c1-22(2)19-34(49(43,44)28-14-10-25(11-15-28)36(41)42)20-30(48-32(38)47-26-12-8-24(9-13-26)35(39)40)29(18-23-6-4-3-5-7-23)33-31(37)46-27-16-17-45-21-27;1-18(2)15-27(37(33,34)22-10-8-20(9-11-22)28(31)32)16-24(29)23(14-19-6-4-3-5-7-19)26-25(30)36-21-12-13-35-17-21/h3-15,22,27,29-30H,16-21H2,1-2H3,(H,33,37);3-11,18,21,23-24,29H,12-17H2,1-2H3,(H,26,30)/t27-,29-,30+;21-,23-,24+/m00/s1. The van der Waals surface area contributed by atoms with Crippen molar-refractivity contribution in [3.63, 3.8) is 0 Å². The number of hydrogen-bond acceptors (Lipinski definition) is 20. The van der Waals surface area contributed by atoms with Crippen LogP contribution in [0.1, 0.15) is 51.7 Å². The van der Waals surface area contributed by atoms with Crippen LogP contribution in [0.25, 0.3) is 0 Å². The summed E-state index contributed by atoms with van der Waals surface area (Å²) in [6.45, 7) is 7.90. The number of sulfonamides is 2. The predicted molar refractivity (Wildman–Crippen MR) is 309 cm³/mol. The Bertz CT molecular complexity index is 3260. The van der Waals surface area contributed by atoms with Gasteiger partial charge in [0.1, 0.15) is 24.1 Å². The van der Waals surface area contributed by atoms with Gasteiger partial charge in [-0.25, -0.2) is 31.2 Å². The summed E-state index contributed by atoms with van der Waals surface area (Å²) in [6, 6.07) is 29.8. The Morgan fingerprint density at radius 1 is 0.570 bits per heavy atom. The van der Waals surface area contributed by atoms with Gasteiger partial charge >= 0.3 is 18.3 Å². The quantitative estimate of drug-likeness (QED) is 0.0150. The van der Waals surface area contributed by atoms with Gasteiger partial charge in [-0.05, 0) is 72.2 Å². The molecule has 27 nitrogen and oxygen atoms in total. The maximum atomic E-state index is 14.0. The summed E-state index contributed by atoms with van der Waals surface area (Å²) in [5.74, 6) is -0.388. The maximum absolute atomic E-state index is 14.0. The van der Waals surface area contributed by atoms with Crippen molar-refractivity contribution in [2.75, 3.05) is 52.6 Å². The Labute approximate surface area is 497 Å². The predicted octanol–water partition coefficient (Wildman–Crippen LogP) is 7.59. The topological polar surface area (TPSA) is 355 Å². The molecule has 0 aromatic heterocycles. The summed E-state index contributed by atoms with van der Waals surface area (Å²) < 4.78 is 89.5. The number of carbonyl (C=O) groups excluding carboxylic acids is 3. The molecular weight excluding hydrogens is 1170 g/mol. The molecule has 2 fully saturated rings. The van der Waals surface area contributed by atoms with Crippen LogP contribution in [0.3, 0.4) is 0 Å². The highest BCUT2D eigenvalue weighted by Crippen LogP contribution is 2.26. The lowest BCUT2D eigenvalue weighted by molar-refractivity contribution is -0.385. The lowest BCUT2D eigenvalue weighted by Gasteiger charge is -2.32. The zero-order chi connectivity index (χ0) is 62.6. The van der Waals surface area contributed by atoms with E-state index in [-0.39, 0.29) is 89.6 Å². The van der Waals surface area contributed by atoms with Crippen molar-refractivity contribution in [1.82, 2.24) is 19.2 Å². The number of alkyl carbamates (subject to hydrolysis) is 2. The van der Waals surface area contributed by atoms with E-state index in [1.54, 1.807) is 44.2 Å². The third kappa shape index (κ3) is 20.5. The van der Waals surface area contributed by atoms with Crippen molar-refractivity contribution in [2.45, 2.75) is 99.7 Å². The Morgan fingerprint density at radius 2 is 0.953 bits per heavy atom. The minimum absolute atomic E-state index is 0.0570. The maximum Gasteiger partial charge on any atom is 0.514 e. The number of nitro groups is 3. The number of aliphatic hydroxyl groups excluding tert-OH is 1.